The molecule has 0 bridgehead atoms. The molecule has 6 heteroatoms. The Balaban J connectivity index is 2.25. The summed E-state index contributed by atoms with van der Waals surface area (Å²) < 4.78 is 0. The Morgan fingerprint density at radius 2 is 1.96 bits per heavy atom. The lowest BCUT2D eigenvalue weighted by Gasteiger charge is -2.42. The summed E-state index contributed by atoms with van der Waals surface area (Å²) >= 11 is 5.98. The molecular weight excluding hydrogens is 324 g/mol. The summed E-state index contributed by atoms with van der Waals surface area (Å²) in [4.78, 5) is 12.7. The average Bonchev–Trinajstić information content (AvgIpc) is 2.54. The fourth-order valence-electron chi connectivity index (χ4n) is 3.51. The number of Topliss-reactive ketones (excluding diaryl/α,β-unsaturated/α-hetero) is 1. The van der Waals surface area contributed by atoms with Gasteiger partial charge in [-0.3, -0.25) is 9.80 Å². The number of nitriles is 1. The highest BCUT2D eigenvalue weighted by atomic mass is 35.5. The van der Waals surface area contributed by atoms with Gasteiger partial charge in [-0.05, 0) is 30.5 Å². The molecule has 24 heavy (non-hydrogen) atoms. The highest BCUT2D eigenvalue weighted by Gasteiger charge is 2.40. The van der Waals surface area contributed by atoms with Gasteiger partial charge >= 0.3 is 0 Å². The van der Waals surface area contributed by atoms with Crippen molar-refractivity contribution in [3.05, 3.63) is 57.5 Å². The van der Waals surface area contributed by atoms with Crippen LogP contribution in [0.4, 0.5) is 0 Å². The molecule has 3 rings (SSSR count). The van der Waals surface area contributed by atoms with Crippen molar-refractivity contribution in [1.82, 2.24) is 10.0 Å². The fourth-order valence-corrected chi connectivity index (χ4v) is 3.64. The molecule has 0 saturated carbocycles. The maximum absolute atomic E-state index is 12.7. The van der Waals surface area contributed by atoms with E-state index in [-0.39, 0.29) is 5.78 Å². The van der Waals surface area contributed by atoms with Crippen LogP contribution < -0.4 is 5.73 Å². The number of nitrogens with zero attached hydrogens (tertiary/aromatic N) is 3. The first-order valence-electron chi connectivity index (χ1n) is 7.84. The van der Waals surface area contributed by atoms with E-state index in [0.717, 1.165) is 24.1 Å². The maximum Gasteiger partial charge on any atom is 0.161 e. The van der Waals surface area contributed by atoms with E-state index >= 15 is 0 Å². The fraction of sp³-hybridized carbons (Fsp3) is 0.333. The first kappa shape index (κ1) is 16.6. The molecule has 0 amide bonds. The number of hydrazine groups is 1. The Morgan fingerprint density at radius 1 is 1.29 bits per heavy atom. The number of halogens is 1. The molecule has 1 aromatic carbocycles. The molecule has 1 aromatic rings. The van der Waals surface area contributed by atoms with Gasteiger partial charge in [0.2, 0.25) is 0 Å². The molecule has 1 heterocycles. The van der Waals surface area contributed by atoms with E-state index in [1.165, 1.54) is 0 Å². The van der Waals surface area contributed by atoms with Gasteiger partial charge in [0.25, 0.3) is 0 Å². The third-order valence-corrected chi connectivity index (χ3v) is 4.74. The molecule has 124 valence electrons. The molecule has 2 aliphatic rings. The largest absolute Gasteiger partial charge is 0.383 e. The zero-order chi connectivity index (χ0) is 17.4. The third kappa shape index (κ3) is 2.58. The number of carbonyl (C=O) groups is 1. The predicted molar refractivity (Wildman–Crippen MR) is 92.4 cm³/mol. The Hall–Kier alpha value is -2.29. The zero-order valence-corrected chi connectivity index (χ0v) is 14.5. The van der Waals surface area contributed by atoms with Gasteiger partial charge < -0.3 is 5.73 Å². The van der Waals surface area contributed by atoms with Gasteiger partial charge in [0.15, 0.2) is 5.78 Å². The van der Waals surface area contributed by atoms with Crippen LogP contribution in [-0.2, 0) is 4.79 Å². The van der Waals surface area contributed by atoms with Crippen molar-refractivity contribution in [3.8, 4) is 6.07 Å². The number of carbonyl (C=O) groups excluding carboxylic acids is 1. The van der Waals surface area contributed by atoms with E-state index in [1.807, 2.05) is 31.2 Å². The van der Waals surface area contributed by atoms with Crippen molar-refractivity contribution in [1.29, 1.82) is 5.26 Å². The third-order valence-electron chi connectivity index (χ3n) is 4.49. The minimum atomic E-state index is -0.425. The Morgan fingerprint density at radius 3 is 2.54 bits per heavy atom. The van der Waals surface area contributed by atoms with Crippen molar-refractivity contribution in [2.75, 3.05) is 14.1 Å². The minimum absolute atomic E-state index is 0.0864. The molecule has 0 aromatic heterocycles. The van der Waals surface area contributed by atoms with E-state index in [4.69, 9.17) is 17.3 Å². The first-order chi connectivity index (χ1) is 11.5. The van der Waals surface area contributed by atoms with Crippen molar-refractivity contribution < 1.29 is 4.79 Å². The molecule has 0 unspecified atom stereocenters. The maximum atomic E-state index is 12.7. The number of benzene rings is 1. The van der Waals surface area contributed by atoms with Crippen LogP contribution in [0.5, 0.6) is 0 Å². The molecule has 0 fully saturated rings. The molecule has 0 saturated heterocycles. The van der Waals surface area contributed by atoms with Gasteiger partial charge in [0.1, 0.15) is 5.82 Å². The molecule has 1 aliphatic carbocycles. The van der Waals surface area contributed by atoms with Crippen molar-refractivity contribution in [2.24, 2.45) is 5.73 Å². The molecule has 1 atom stereocenters. The van der Waals surface area contributed by atoms with Gasteiger partial charge in [0.05, 0.1) is 17.6 Å². The van der Waals surface area contributed by atoms with Gasteiger partial charge in [-0.1, -0.05) is 23.7 Å². The number of rotatable bonds is 2. The number of hydrogen-bond donors (Lipinski definition) is 1. The monoisotopic (exact) mass is 342 g/mol. The summed E-state index contributed by atoms with van der Waals surface area (Å²) in [6.45, 7) is 0. The summed E-state index contributed by atoms with van der Waals surface area (Å²) in [5, 5.41) is 14.0. The summed E-state index contributed by atoms with van der Waals surface area (Å²) in [7, 11) is 3.71. The van der Waals surface area contributed by atoms with Crippen molar-refractivity contribution in [2.45, 2.75) is 25.2 Å². The summed E-state index contributed by atoms with van der Waals surface area (Å²) in [5.41, 5.74) is 9.16. The Labute approximate surface area is 146 Å². The van der Waals surface area contributed by atoms with Crippen LogP contribution in [0.1, 0.15) is 30.7 Å². The Kier molecular flexibility index (Phi) is 4.35. The predicted octanol–water partition coefficient (Wildman–Crippen LogP) is 2.92. The average molecular weight is 343 g/mol. The second-order valence-corrected chi connectivity index (χ2v) is 6.63. The zero-order valence-electron chi connectivity index (χ0n) is 13.7. The summed E-state index contributed by atoms with van der Waals surface area (Å²) in [5.74, 6) is 0.0467. The highest BCUT2D eigenvalue weighted by molar-refractivity contribution is 6.30. The van der Waals surface area contributed by atoms with Gasteiger partial charge in [0, 0.05) is 36.8 Å². The van der Waals surface area contributed by atoms with E-state index in [9.17, 15) is 10.1 Å². The second kappa shape index (κ2) is 6.31. The van der Waals surface area contributed by atoms with Gasteiger partial charge in [-0.25, -0.2) is 5.01 Å². The van der Waals surface area contributed by atoms with E-state index < -0.39 is 5.92 Å². The van der Waals surface area contributed by atoms with Crippen LogP contribution in [0.15, 0.2) is 46.9 Å². The molecular formula is C18H19ClN4O. The minimum Gasteiger partial charge on any atom is -0.383 e. The second-order valence-electron chi connectivity index (χ2n) is 6.19. The first-order valence-corrected chi connectivity index (χ1v) is 8.22. The van der Waals surface area contributed by atoms with Crippen LogP contribution >= 0.6 is 11.6 Å². The number of hydrogen-bond acceptors (Lipinski definition) is 5. The normalized spacial score (nSPS) is 21.2. The lowest BCUT2D eigenvalue weighted by atomic mass is 9.76. The van der Waals surface area contributed by atoms with E-state index in [1.54, 1.807) is 17.1 Å². The van der Waals surface area contributed by atoms with Crippen molar-refractivity contribution in [3.63, 3.8) is 0 Å². The summed E-state index contributed by atoms with van der Waals surface area (Å²) in [6.07, 6.45) is 2.07. The smallest absolute Gasteiger partial charge is 0.161 e. The standard InChI is InChI=1S/C18H19ClN4O/c1-22(2)23-14-4-3-5-15(24)17(14)16(13(10-20)18(23)21)11-6-8-12(19)9-7-11/h6-9,16H,3-5,21H2,1-2H3/t16-/m1/s1. The molecule has 1 aliphatic heterocycles. The molecule has 2 N–H and O–H groups in total. The van der Waals surface area contributed by atoms with Gasteiger partial charge in [-0.2, -0.15) is 5.26 Å². The van der Waals surface area contributed by atoms with Crippen LogP contribution in [-0.4, -0.2) is 29.9 Å². The lowest BCUT2D eigenvalue weighted by molar-refractivity contribution is -0.116. The topological polar surface area (TPSA) is 73.4 Å². The molecule has 0 radical (unpaired) electrons. The molecule has 0 spiro atoms. The van der Waals surface area contributed by atoms with Crippen LogP contribution in [0.2, 0.25) is 5.02 Å². The molecule has 5 nitrogen and oxygen atoms in total. The number of nitrogens with two attached hydrogens (primary N) is 1. The number of ketones is 1. The van der Waals surface area contributed by atoms with Crippen LogP contribution in [0.3, 0.4) is 0 Å². The van der Waals surface area contributed by atoms with Crippen LogP contribution in [0.25, 0.3) is 0 Å². The van der Waals surface area contributed by atoms with Crippen molar-refractivity contribution >= 4 is 17.4 Å². The van der Waals surface area contributed by atoms with E-state index in [0.29, 0.717) is 28.4 Å². The van der Waals surface area contributed by atoms with Crippen LogP contribution in [0, 0.1) is 11.3 Å². The summed E-state index contributed by atoms with van der Waals surface area (Å²) in [6, 6.07) is 9.48. The van der Waals surface area contributed by atoms with Gasteiger partial charge in [-0.15, -0.1) is 0 Å². The number of allylic oxidation sites excluding steroid dienone is 3. The quantitative estimate of drug-likeness (QED) is 0.894. The SMILES string of the molecule is CN(C)N1C(N)=C(C#N)[C@@H](c2ccc(Cl)cc2)C2=C1CCCC2=O. The highest BCUT2D eigenvalue weighted by Crippen LogP contribution is 2.44. The Bertz CT molecular complexity index is 786. The lowest BCUT2D eigenvalue weighted by Crippen LogP contribution is -2.45. The van der Waals surface area contributed by atoms with E-state index in [2.05, 4.69) is 6.07 Å².